The van der Waals surface area contributed by atoms with Crippen LogP contribution in [0.15, 0.2) is 46.1 Å². The molecule has 4 N–H and O–H groups in total. The van der Waals surface area contributed by atoms with Gasteiger partial charge < -0.3 is 15.7 Å². The van der Waals surface area contributed by atoms with E-state index in [9.17, 15) is 9.32 Å². The maximum atomic E-state index is 12.0. The fraction of sp³-hybridized carbons (Fsp3) is 0.263. The van der Waals surface area contributed by atoms with Crippen LogP contribution in [0, 0.1) is 4.78 Å². The summed E-state index contributed by atoms with van der Waals surface area (Å²) in [5.41, 5.74) is 3.41. The lowest BCUT2D eigenvalue weighted by atomic mass is 9.96. The number of nitrogens with one attached hydrogen (secondary N) is 3. The van der Waals surface area contributed by atoms with Gasteiger partial charge in [0.15, 0.2) is 0 Å². The molecule has 7 nitrogen and oxygen atoms in total. The van der Waals surface area contributed by atoms with Crippen LogP contribution in [0.2, 0.25) is 0 Å². The van der Waals surface area contributed by atoms with Crippen LogP contribution in [0.3, 0.4) is 0 Å². The van der Waals surface area contributed by atoms with Crippen molar-refractivity contribution in [1.29, 1.82) is 4.78 Å². The van der Waals surface area contributed by atoms with Gasteiger partial charge in [-0.2, -0.15) is 16.3 Å². The molecule has 2 atom stereocenters. The van der Waals surface area contributed by atoms with Crippen LogP contribution < -0.4 is 16.1 Å². The Labute approximate surface area is 176 Å². The monoisotopic (exact) mass is 429 g/mol. The third-order valence-electron chi connectivity index (χ3n) is 4.53. The summed E-state index contributed by atoms with van der Waals surface area (Å²) in [6, 6.07) is 7.20. The van der Waals surface area contributed by atoms with Gasteiger partial charge in [0.25, 0.3) is 0 Å². The predicted octanol–water partition coefficient (Wildman–Crippen LogP) is 2.43. The first-order valence-electron chi connectivity index (χ1n) is 9.20. The third kappa shape index (κ3) is 5.14. The molecule has 3 rings (SSSR count). The molecule has 29 heavy (non-hydrogen) atoms. The smallest absolute Gasteiger partial charge is 0.229 e. The van der Waals surface area contributed by atoms with Gasteiger partial charge in [-0.15, -0.1) is 0 Å². The molecule has 0 radical (unpaired) electrons. The Morgan fingerprint density at radius 1 is 1.38 bits per heavy atom. The fourth-order valence-electron chi connectivity index (χ4n) is 2.94. The number of anilines is 3. The van der Waals surface area contributed by atoms with Gasteiger partial charge >= 0.3 is 0 Å². The zero-order valence-electron chi connectivity index (χ0n) is 16.6. The molecule has 0 saturated carbocycles. The SMILES string of the molecule is Bc1cc(Nc2ncc(-c3ccsc3)c(N[C@H](CC)CO)n2)ccc1S(C)(=N)=O. The van der Waals surface area contributed by atoms with Crippen LogP contribution in [-0.4, -0.2) is 46.0 Å². The van der Waals surface area contributed by atoms with E-state index in [2.05, 4.69) is 20.6 Å². The topological polar surface area (TPSA) is 111 Å². The zero-order chi connectivity index (χ0) is 21.0. The minimum Gasteiger partial charge on any atom is -0.394 e. The maximum Gasteiger partial charge on any atom is 0.229 e. The lowest BCUT2D eigenvalue weighted by Gasteiger charge is -2.18. The fourth-order valence-corrected chi connectivity index (χ4v) is 4.60. The summed E-state index contributed by atoms with van der Waals surface area (Å²) in [6.07, 6.45) is 3.93. The van der Waals surface area contributed by atoms with Crippen molar-refractivity contribution in [3.05, 3.63) is 41.2 Å². The predicted molar refractivity (Wildman–Crippen MR) is 123 cm³/mol. The van der Waals surface area contributed by atoms with Gasteiger partial charge in [-0.05, 0) is 47.0 Å². The zero-order valence-corrected chi connectivity index (χ0v) is 18.2. The quantitative estimate of drug-likeness (QED) is 0.410. The minimum absolute atomic E-state index is 0.0103. The number of nitrogens with zero attached hydrogens (tertiary/aromatic N) is 2. The second-order valence-electron chi connectivity index (χ2n) is 6.85. The molecule has 3 aromatic rings. The highest BCUT2D eigenvalue weighted by Crippen LogP contribution is 2.29. The van der Waals surface area contributed by atoms with Crippen LogP contribution in [0.1, 0.15) is 13.3 Å². The lowest BCUT2D eigenvalue weighted by Crippen LogP contribution is -2.24. The number of hydrogen-bond acceptors (Lipinski definition) is 8. The number of rotatable bonds is 8. The van der Waals surface area contributed by atoms with Crippen molar-refractivity contribution >= 4 is 51.8 Å². The summed E-state index contributed by atoms with van der Waals surface area (Å²) in [6.45, 7) is 2.01. The van der Waals surface area contributed by atoms with Crippen molar-refractivity contribution in [2.45, 2.75) is 24.3 Å². The number of aliphatic hydroxyl groups is 1. The summed E-state index contributed by atoms with van der Waals surface area (Å²) >= 11 is 1.60. The summed E-state index contributed by atoms with van der Waals surface area (Å²) < 4.78 is 19.8. The number of hydrogen-bond donors (Lipinski definition) is 4. The molecule has 2 heterocycles. The van der Waals surface area contributed by atoms with Crippen LogP contribution in [0.4, 0.5) is 17.5 Å². The lowest BCUT2D eigenvalue weighted by molar-refractivity contribution is 0.271. The van der Waals surface area contributed by atoms with E-state index in [0.717, 1.165) is 28.7 Å². The molecular formula is C19H24BN5O2S2. The van der Waals surface area contributed by atoms with Gasteiger partial charge in [0.05, 0.1) is 22.4 Å². The van der Waals surface area contributed by atoms with E-state index in [0.29, 0.717) is 16.7 Å². The molecule has 0 aliphatic heterocycles. The second kappa shape index (κ2) is 8.94. The van der Waals surface area contributed by atoms with Crippen LogP contribution in [-0.2, 0) is 9.73 Å². The van der Waals surface area contributed by atoms with E-state index in [1.54, 1.807) is 29.7 Å². The summed E-state index contributed by atoms with van der Waals surface area (Å²) in [4.78, 5) is 9.59. The molecule has 1 unspecified atom stereocenters. The Bertz CT molecular complexity index is 1080. The molecule has 0 amide bonds. The summed E-state index contributed by atoms with van der Waals surface area (Å²) in [7, 11) is -0.939. The molecule has 152 valence electrons. The first-order valence-corrected chi connectivity index (χ1v) is 12.1. The van der Waals surface area contributed by atoms with E-state index in [4.69, 9.17) is 4.78 Å². The average molecular weight is 429 g/mol. The van der Waals surface area contributed by atoms with E-state index in [-0.39, 0.29) is 12.6 Å². The van der Waals surface area contributed by atoms with Gasteiger partial charge in [0, 0.05) is 28.6 Å². The van der Waals surface area contributed by atoms with Gasteiger partial charge in [0.1, 0.15) is 13.7 Å². The molecule has 0 spiro atoms. The molecule has 0 aliphatic carbocycles. The van der Waals surface area contributed by atoms with Crippen LogP contribution in [0.25, 0.3) is 11.1 Å². The van der Waals surface area contributed by atoms with Crippen LogP contribution in [0.5, 0.6) is 0 Å². The number of thiophene rings is 1. The number of benzene rings is 1. The Morgan fingerprint density at radius 3 is 2.76 bits per heavy atom. The Balaban J connectivity index is 1.93. The normalized spacial score (nSPS) is 14.2. The molecule has 2 aromatic heterocycles. The van der Waals surface area contributed by atoms with E-state index in [1.165, 1.54) is 6.26 Å². The number of aromatic nitrogens is 2. The Hall–Kier alpha value is -2.43. The highest BCUT2D eigenvalue weighted by molar-refractivity contribution is 7.92. The number of aliphatic hydroxyl groups excluding tert-OH is 1. The highest BCUT2D eigenvalue weighted by Gasteiger charge is 2.14. The van der Waals surface area contributed by atoms with E-state index >= 15 is 0 Å². The third-order valence-corrected chi connectivity index (χ3v) is 6.51. The molecule has 0 bridgehead atoms. The Morgan fingerprint density at radius 2 is 2.17 bits per heavy atom. The van der Waals surface area contributed by atoms with Gasteiger partial charge in [-0.25, -0.2) is 14.0 Å². The summed E-state index contributed by atoms with van der Waals surface area (Å²) in [5, 5.41) is 20.1. The minimum atomic E-state index is -2.77. The van der Waals surface area contributed by atoms with Crippen molar-refractivity contribution in [3.63, 3.8) is 0 Å². The van der Waals surface area contributed by atoms with Crippen LogP contribution >= 0.6 is 11.3 Å². The first-order chi connectivity index (χ1) is 13.8. The van der Waals surface area contributed by atoms with Gasteiger partial charge in [-0.3, -0.25) is 0 Å². The largest absolute Gasteiger partial charge is 0.394 e. The van der Waals surface area contributed by atoms with E-state index < -0.39 is 9.73 Å². The first kappa shape index (κ1) is 21.3. The molecule has 0 saturated heterocycles. The van der Waals surface area contributed by atoms with Crippen molar-refractivity contribution in [1.82, 2.24) is 9.97 Å². The van der Waals surface area contributed by atoms with Gasteiger partial charge in [-0.1, -0.05) is 12.4 Å². The Kier molecular flexibility index (Phi) is 6.56. The molecule has 1 aromatic carbocycles. The van der Waals surface area contributed by atoms with Crippen molar-refractivity contribution < 1.29 is 9.32 Å². The summed E-state index contributed by atoms with van der Waals surface area (Å²) in [5.74, 6) is 1.06. The maximum absolute atomic E-state index is 12.0. The second-order valence-corrected chi connectivity index (χ2v) is 9.76. The highest BCUT2D eigenvalue weighted by atomic mass is 32.2. The standard InChI is InChI=1S/C19H24BN5O2S2/c1-3-13(10-26)23-18-15(12-6-7-28-11-12)9-22-19(25-18)24-14-4-5-17(16(20)8-14)29(2,21)27/h4-9,11,13,21,26H,3,10,20H2,1-2H3,(H2,22,23,24,25)/t13-,29?/m1/s1. The molecular weight excluding hydrogens is 405 g/mol. The van der Waals surface area contributed by atoms with Crippen molar-refractivity contribution in [2.24, 2.45) is 0 Å². The average Bonchev–Trinajstić information content (AvgIpc) is 3.19. The van der Waals surface area contributed by atoms with E-state index in [1.807, 2.05) is 37.7 Å². The van der Waals surface area contributed by atoms with Gasteiger partial charge in [0.2, 0.25) is 5.95 Å². The van der Waals surface area contributed by atoms with Crippen molar-refractivity contribution in [3.8, 4) is 11.1 Å². The molecule has 0 fully saturated rings. The van der Waals surface area contributed by atoms with Crippen molar-refractivity contribution in [2.75, 3.05) is 23.5 Å². The molecule has 10 heteroatoms. The molecule has 0 aliphatic rings.